The summed E-state index contributed by atoms with van der Waals surface area (Å²) in [5, 5.41) is 5.12. The number of fused-ring (bicyclic) bond motifs is 1. The van der Waals surface area contributed by atoms with Crippen LogP contribution in [0.5, 0.6) is 0 Å². The molecule has 7 heteroatoms. The number of benzene rings is 3. The lowest BCUT2D eigenvalue weighted by atomic mass is 10.1. The van der Waals surface area contributed by atoms with E-state index in [2.05, 4.69) is 5.10 Å². The first-order valence-electron chi connectivity index (χ1n) is 10.4. The van der Waals surface area contributed by atoms with Crippen LogP contribution >= 0.6 is 0 Å². The molecule has 0 N–H and O–H groups in total. The van der Waals surface area contributed by atoms with Gasteiger partial charge in [-0.2, -0.15) is 5.10 Å². The fourth-order valence-electron chi connectivity index (χ4n) is 3.73. The van der Waals surface area contributed by atoms with Crippen LogP contribution in [0, 0.1) is 6.92 Å². The molecule has 33 heavy (non-hydrogen) atoms. The monoisotopic (exact) mass is 437 g/mol. The van der Waals surface area contributed by atoms with E-state index in [1.54, 1.807) is 23.0 Å². The molecule has 1 aromatic heterocycles. The van der Waals surface area contributed by atoms with Crippen molar-refractivity contribution in [3.8, 4) is 11.3 Å². The first-order valence-corrected chi connectivity index (χ1v) is 10.4. The highest BCUT2D eigenvalue weighted by Crippen LogP contribution is 2.27. The zero-order chi connectivity index (χ0) is 22.9. The summed E-state index contributed by atoms with van der Waals surface area (Å²) in [6, 6.07) is 23.6. The molecular weight excluding hydrogens is 418 g/mol. The molecule has 2 heterocycles. The van der Waals surface area contributed by atoms with E-state index in [9.17, 15) is 14.4 Å². The maximum atomic E-state index is 13.1. The Morgan fingerprint density at radius 2 is 1.45 bits per heavy atom. The highest BCUT2D eigenvalue weighted by molar-refractivity contribution is 6.21. The van der Waals surface area contributed by atoms with Crippen LogP contribution in [-0.2, 0) is 11.4 Å². The minimum atomic E-state index is -0.834. The topological polar surface area (TPSA) is 81.5 Å². The second-order valence-electron chi connectivity index (χ2n) is 7.77. The molecule has 0 saturated heterocycles. The molecule has 0 atom stereocenters. The third kappa shape index (κ3) is 3.80. The van der Waals surface area contributed by atoms with Gasteiger partial charge in [0, 0.05) is 11.8 Å². The first kappa shape index (κ1) is 20.4. The second kappa shape index (κ2) is 8.20. The number of carbonyl (C=O) groups excluding carboxylic acids is 3. The number of hydroxylamine groups is 2. The van der Waals surface area contributed by atoms with Gasteiger partial charge in [-0.3, -0.25) is 14.3 Å². The minimum Gasteiger partial charge on any atom is -0.324 e. The molecule has 1 aliphatic heterocycles. The average Bonchev–Trinajstić information content (AvgIpc) is 3.35. The average molecular weight is 437 g/mol. The molecule has 7 nitrogen and oxygen atoms in total. The van der Waals surface area contributed by atoms with E-state index in [1.165, 1.54) is 12.1 Å². The van der Waals surface area contributed by atoms with Crippen LogP contribution in [0.2, 0.25) is 0 Å². The van der Waals surface area contributed by atoms with E-state index in [1.807, 2.05) is 61.5 Å². The molecule has 0 spiro atoms. The van der Waals surface area contributed by atoms with Crippen molar-refractivity contribution in [2.75, 3.05) is 0 Å². The molecule has 0 bridgehead atoms. The molecule has 1 aliphatic rings. The molecule has 2 amide bonds. The summed E-state index contributed by atoms with van der Waals surface area (Å²) >= 11 is 0. The van der Waals surface area contributed by atoms with E-state index >= 15 is 0 Å². The molecule has 0 fully saturated rings. The van der Waals surface area contributed by atoms with E-state index < -0.39 is 17.8 Å². The molecule has 0 unspecified atom stereocenters. The summed E-state index contributed by atoms with van der Waals surface area (Å²) in [7, 11) is 0. The minimum absolute atomic E-state index is 0.159. The number of carbonyl (C=O) groups is 3. The van der Waals surface area contributed by atoms with Gasteiger partial charge in [-0.25, -0.2) is 4.79 Å². The number of amides is 2. The lowest BCUT2D eigenvalue weighted by molar-refractivity contribution is -0.0584. The number of nitrogens with zero attached hydrogens (tertiary/aromatic N) is 3. The lowest BCUT2D eigenvalue weighted by Crippen LogP contribution is -2.32. The largest absolute Gasteiger partial charge is 0.367 e. The SMILES string of the molecule is Cc1ccc(-c2nn(Cc3ccccc3)cc2C(=O)ON2C(=O)c3ccccc3C2=O)cc1. The molecule has 0 saturated carbocycles. The summed E-state index contributed by atoms with van der Waals surface area (Å²) in [5.41, 5.74) is 3.77. The van der Waals surface area contributed by atoms with Gasteiger partial charge in [-0.1, -0.05) is 77.4 Å². The summed E-state index contributed by atoms with van der Waals surface area (Å²) in [5.74, 6) is -2.17. The normalized spacial score (nSPS) is 12.7. The van der Waals surface area contributed by atoms with Gasteiger partial charge < -0.3 is 4.84 Å². The molecule has 0 radical (unpaired) electrons. The Balaban J connectivity index is 1.48. The van der Waals surface area contributed by atoms with Crippen LogP contribution in [-0.4, -0.2) is 32.6 Å². The number of aryl methyl sites for hydroxylation is 1. The maximum Gasteiger partial charge on any atom is 0.367 e. The summed E-state index contributed by atoms with van der Waals surface area (Å²) in [6.07, 6.45) is 1.57. The Kier molecular flexibility index (Phi) is 5.06. The quantitative estimate of drug-likeness (QED) is 0.436. The first-order chi connectivity index (χ1) is 16.0. The predicted molar refractivity (Wildman–Crippen MR) is 120 cm³/mol. The highest BCUT2D eigenvalue weighted by atomic mass is 16.7. The van der Waals surface area contributed by atoms with Crippen LogP contribution in [0.1, 0.15) is 42.2 Å². The van der Waals surface area contributed by atoms with Crippen LogP contribution in [0.15, 0.2) is 85.1 Å². The van der Waals surface area contributed by atoms with Crippen molar-refractivity contribution in [3.05, 3.63) is 113 Å². The summed E-state index contributed by atoms with van der Waals surface area (Å²) in [6.45, 7) is 2.41. The van der Waals surface area contributed by atoms with E-state index in [0.717, 1.165) is 16.7 Å². The molecule has 3 aromatic carbocycles. The number of imide groups is 1. The van der Waals surface area contributed by atoms with Crippen LogP contribution in [0.3, 0.4) is 0 Å². The van der Waals surface area contributed by atoms with Gasteiger partial charge >= 0.3 is 5.97 Å². The van der Waals surface area contributed by atoms with Gasteiger partial charge in [-0.15, -0.1) is 0 Å². The summed E-state index contributed by atoms with van der Waals surface area (Å²) in [4.78, 5) is 43.7. The van der Waals surface area contributed by atoms with Crippen LogP contribution in [0.25, 0.3) is 11.3 Å². The van der Waals surface area contributed by atoms with Crippen molar-refractivity contribution >= 4 is 17.8 Å². The molecule has 0 aliphatic carbocycles. The molecule has 162 valence electrons. The van der Waals surface area contributed by atoms with Crippen molar-refractivity contribution in [2.45, 2.75) is 13.5 Å². The van der Waals surface area contributed by atoms with Gasteiger partial charge in [0.1, 0.15) is 11.3 Å². The zero-order valence-electron chi connectivity index (χ0n) is 17.8. The van der Waals surface area contributed by atoms with Crippen molar-refractivity contribution in [1.29, 1.82) is 0 Å². The standard InChI is InChI=1S/C26H19N3O4/c1-17-11-13-19(14-12-17)23-22(16-28(27-23)15-18-7-3-2-4-8-18)26(32)33-29-24(30)20-9-5-6-10-21(20)25(29)31/h2-14,16H,15H2,1H3. The van der Waals surface area contributed by atoms with Crippen molar-refractivity contribution in [3.63, 3.8) is 0 Å². The maximum absolute atomic E-state index is 13.1. The Hall–Kier alpha value is -4.52. The van der Waals surface area contributed by atoms with Crippen LogP contribution in [0.4, 0.5) is 0 Å². The third-order valence-corrected chi connectivity index (χ3v) is 5.42. The van der Waals surface area contributed by atoms with Crippen LogP contribution < -0.4 is 0 Å². The van der Waals surface area contributed by atoms with Gasteiger partial charge in [0.15, 0.2) is 0 Å². The molecular formula is C26H19N3O4. The zero-order valence-corrected chi connectivity index (χ0v) is 17.8. The van der Waals surface area contributed by atoms with E-state index in [-0.39, 0.29) is 16.7 Å². The van der Waals surface area contributed by atoms with Crippen molar-refractivity contribution < 1.29 is 19.2 Å². The number of rotatable bonds is 5. The van der Waals surface area contributed by atoms with Crippen molar-refractivity contribution in [1.82, 2.24) is 14.8 Å². The smallest absolute Gasteiger partial charge is 0.324 e. The summed E-state index contributed by atoms with van der Waals surface area (Å²) < 4.78 is 1.64. The lowest BCUT2D eigenvalue weighted by Gasteiger charge is -2.12. The Morgan fingerprint density at radius 1 is 0.848 bits per heavy atom. The van der Waals surface area contributed by atoms with Gasteiger partial charge in [0.2, 0.25) is 0 Å². The highest BCUT2D eigenvalue weighted by Gasteiger charge is 2.39. The van der Waals surface area contributed by atoms with Gasteiger partial charge in [-0.05, 0) is 24.6 Å². The van der Waals surface area contributed by atoms with E-state index in [4.69, 9.17) is 4.84 Å². The number of aromatic nitrogens is 2. The van der Waals surface area contributed by atoms with Crippen molar-refractivity contribution in [2.24, 2.45) is 0 Å². The molecule has 4 aromatic rings. The number of hydrogen-bond donors (Lipinski definition) is 0. The van der Waals surface area contributed by atoms with Gasteiger partial charge in [0.05, 0.1) is 17.7 Å². The van der Waals surface area contributed by atoms with E-state index in [0.29, 0.717) is 17.3 Å². The number of hydrogen-bond acceptors (Lipinski definition) is 5. The van der Waals surface area contributed by atoms with Gasteiger partial charge in [0.25, 0.3) is 11.8 Å². The fourth-order valence-corrected chi connectivity index (χ4v) is 3.73. The fraction of sp³-hybridized carbons (Fsp3) is 0.0769. The Bertz CT molecular complexity index is 1340. The Morgan fingerprint density at radius 3 is 2.09 bits per heavy atom. The Labute approximate surface area is 189 Å². The third-order valence-electron chi connectivity index (χ3n) is 5.42. The second-order valence-corrected chi connectivity index (χ2v) is 7.77. The predicted octanol–water partition coefficient (Wildman–Crippen LogP) is 4.27. The molecule has 5 rings (SSSR count).